The molecule has 1 N–H and O–H groups in total. The molecule has 0 fully saturated rings. The van der Waals surface area contributed by atoms with Crippen LogP contribution in [0.3, 0.4) is 0 Å². The summed E-state index contributed by atoms with van der Waals surface area (Å²) in [6.07, 6.45) is 1.45. The molecule has 9 heteroatoms. The Balaban J connectivity index is 1.64. The van der Waals surface area contributed by atoms with Gasteiger partial charge in [0.15, 0.2) is 17.2 Å². The van der Waals surface area contributed by atoms with Gasteiger partial charge in [0, 0.05) is 10.0 Å². The van der Waals surface area contributed by atoms with Gasteiger partial charge in [-0.15, -0.1) is 0 Å². The third-order valence-corrected chi connectivity index (χ3v) is 5.51. The zero-order chi connectivity index (χ0) is 23.8. The molecule has 3 aromatic rings. The van der Waals surface area contributed by atoms with Crippen LogP contribution in [0.5, 0.6) is 17.2 Å². The van der Waals surface area contributed by atoms with Gasteiger partial charge in [-0.25, -0.2) is 5.43 Å². The fourth-order valence-corrected chi connectivity index (χ4v) is 3.72. The van der Waals surface area contributed by atoms with Crippen molar-refractivity contribution in [2.45, 2.75) is 13.5 Å². The molecule has 3 rings (SSSR count). The van der Waals surface area contributed by atoms with Crippen molar-refractivity contribution in [3.63, 3.8) is 0 Å². The molecule has 0 aliphatic rings. The van der Waals surface area contributed by atoms with Gasteiger partial charge < -0.3 is 14.2 Å². The van der Waals surface area contributed by atoms with Crippen LogP contribution in [0.15, 0.2) is 64.2 Å². The van der Waals surface area contributed by atoms with Crippen LogP contribution >= 0.6 is 39.1 Å². The maximum absolute atomic E-state index is 12.4. The summed E-state index contributed by atoms with van der Waals surface area (Å²) in [6.45, 7) is 2.62. The van der Waals surface area contributed by atoms with Gasteiger partial charge in [-0.05, 0) is 60.5 Å². The predicted octanol–water partition coefficient (Wildman–Crippen LogP) is 6.51. The van der Waals surface area contributed by atoms with Crippen molar-refractivity contribution in [2.75, 3.05) is 13.7 Å². The summed E-state index contributed by atoms with van der Waals surface area (Å²) in [5.74, 6) is 1.00. The number of nitrogens with zero attached hydrogens (tertiary/aromatic N) is 1. The normalized spacial score (nSPS) is 10.8. The summed E-state index contributed by atoms with van der Waals surface area (Å²) >= 11 is 16.1. The minimum atomic E-state index is -0.401. The second kappa shape index (κ2) is 11.9. The Labute approximate surface area is 210 Å². The molecule has 0 atom stereocenters. The van der Waals surface area contributed by atoms with Gasteiger partial charge in [-0.3, -0.25) is 4.79 Å². The topological polar surface area (TPSA) is 69.2 Å². The van der Waals surface area contributed by atoms with Gasteiger partial charge in [-0.1, -0.05) is 51.3 Å². The van der Waals surface area contributed by atoms with E-state index >= 15 is 0 Å². The highest BCUT2D eigenvalue weighted by atomic mass is 79.9. The van der Waals surface area contributed by atoms with Gasteiger partial charge >= 0.3 is 0 Å². The lowest BCUT2D eigenvalue weighted by Crippen LogP contribution is -2.17. The molecule has 6 nitrogen and oxygen atoms in total. The van der Waals surface area contributed by atoms with Crippen LogP contribution in [0.25, 0.3) is 0 Å². The van der Waals surface area contributed by atoms with Crippen molar-refractivity contribution >= 4 is 51.3 Å². The molecule has 0 saturated heterocycles. The standard InChI is InChI=1S/C24H21BrCl2N2O4/c1-3-32-22-12-17(6-9-21(22)31-2)24(30)29-28-13-16-10-19(26)23(20(27)11-16)33-14-15-4-7-18(25)8-5-15/h4-13H,3,14H2,1-2H3,(H,29,30)/b28-13+. The summed E-state index contributed by atoms with van der Waals surface area (Å²) in [6, 6.07) is 15.9. The largest absolute Gasteiger partial charge is 0.493 e. The predicted molar refractivity (Wildman–Crippen MR) is 134 cm³/mol. The fourth-order valence-electron chi connectivity index (χ4n) is 2.84. The van der Waals surface area contributed by atoms with Gasteiger partial charge in [0.2, 0.25) is 0 Å². The minimum Gasteiger partial charge on any atom is -0.493 e. The monoisotopic (exact) mass is 550 g/mol. The lowest BCUT2D eigenvalue weighted by molar-refractivity contribution is 0.0954. The number of ether oxygens (including phenoxy) is 3. The highest BCUT2D eigenvalue weighted by molar-refractivity contribution is 9.10. The lowest BCUT2D eigenvalue weighted by Gasteiger charge is -2.11. The van der Waals surface area contributed by atoms with E-state index in [1.54, 1.807) is 30.3 Å². The Morgan fingerprint density at radius 1 is 1.03 bits per heavy atom. The lowest BCUT2D eigenvalue weighted by atomic mass is 10.2. The number of halogens is 3. The van der Waals surface area contributed by atoms with Crippen LogP contribution in [0, 0.1) is 0 Å². The molecule has 172 valence electrons. The zero-order valence-corrected chi connectivity index (χ0v) is 21.0. The first kappa shape index (κ1) is 24.9. The van der Waals surface area contributed by atoms with E-state index in [0.717, 1.165) is 10.0 Å². The van der Waals surface area contributed by atoms with Crippen LogP contribution in [0.4, 0.5) is 0 Å². The molecule has 1 amide bonds. The molecule has 0 aromatic heterocycles. The molecule has 0 unspecified atom stereocenters. The number of carbonyl (C=O) groups excluding carboxylic acids is 1. The van der Waals surface area contributed by atoms with Gasteiger partial charge in [0.05, 0.1) is 30.0 Å². The SMILES string of the molecule is CCOc1cc(C(=O)N/N=C/c2cc(Cl)c(OCc3ccc(Br)cc3)c(Cl)c2)ccc1OC. The highest BCUT2D eigenvalue weighted by Crippen LogP contribution is 2.34. The average Bonchev–Trinajstić information content (AvgIpc) is 2.80. The molecule has 0 saturated carbocycles. The first-order valence-electron chi connectivity index (χ1n) is 9.91. The van der Waals surface area contributed by atoms with E-state index < -0.39 is 5.91 Å². The number of hydrogen-bond acceptors (Lipinski definition) is 5. The molecule has 0 aliphatic heterocycles. The molecular weight excluding hydrogens is 531 g/mol. The maximum atomic E-state index is 12.4. The third kappa shape index (κ3) is 6.87. The Morgan fingerprint density at radius 2 is 1.73 bits per heavy atom. The number of benzene rings is 3. The Kier molecular flexibility index (Phi) is 9.00. The summed E-state index contributed by atoms with van der Waals surface area (Å²) in [5, 5.41) is 4.66. The average molecular weight is 552 g/mol. The number of methoxy groups -OCH3 is 1. The van der Waals surface area contributed by atoms with Crippen LogP contribution in [0.2, 0.25) is 10.0 Å². The number of carbonyl (C=O) groups is 1. The van der Waals surface area contributed by atoms with Crippen LogP contribution in [-0.2, 0) is 6.61 Å². The van der Waals surface area contributed by atoms with Gasteiger partial charge in [0.1, 0.15) is 6.61 Å². The molecule has 0 heterocycles. The Bertz CT molecular complexity index is 1130. The maximum Gasteiger partial charge on any atom is 0.271 e. The van der Waals surface area contributed by atoms with Crippen LogP contribution in [-0.4, -0.2) is 25.8 Å². The van der Waals surface area contributed by atoms with Gasteiger partial charge in [0.25, 0.3) is 5.91 Å². The highest BCUT2D eigenvalue weighted by Gasteiger charge is 2.12. The van der Waals surface area contributed by atoms with Gasteiger partial charge in [-0.2, -0.15) is 5.10 Å². The summed E-state index contributed by atoms with van der Waals surface area (Å²) < 4.78 is 17.5. The number of amides is 1. The Hall–Kier alpha value is -2.74. The van der Waals surface area contributed by atoms with Crippen molar-refractivity contribution in [3.8, 4) is 17.2 Å². The summed E-state index contributed by atoms with van der Waals surface area (Å²) in [4.78, 5) is 12.4. The van der Waals surface area contributed by atoms with E-state index in [1.807, 2.05) is 31.2 Å². The number of hydrazone groups is 1. The molecule has 3 aromatic carbocycles. The van der Waals surface area contributed by atoms with Crippen LogP contribution in [0.1, 0.15) is 28.4 Å². The second-order valence-electron chi connectivity index (χ2n) is 6.73. The third-order valence-electron chi connectivity index (χ3n) is 4.42. The number of rotatable bonds is 9. The summed E-state index contributed by atoms with van der Waals surface area (Å²) in [5.41, 5.74) is 4.43. The zero-order valence-electron chi connectivity index (χ0n) is 17.9. The molecule has 33 heavy (non-hydrogen) atoms. The number of nitrogens with one attached hydrogen (secondary N) is 1. The van der Waals surface area contributed by atoms with E-state index in [1.165, 1.54) is 13.3 Å². The molecule has 0 spiro atoms. The molecular formula is C24H21BrCl2N2O4. The first-order valence-corrected chi connectivity index (χ1v) is 11.5. The molecule has 0 radical (unpaired) electrons. The van der Waals surface area contributed by atoms with E-state index in [-0.39, 0.29) is 0 Å². The first-order chi connectivity index (χ1) is 15.9. The van der Waals surface area contributed by atoms with E-state index in [9.17, 15) is 4.79 Å². The quantitative estimate of drug-likeness (QED) is 0.243. The number of hydrogen-bond donors (Lipinski definition) is 1. The van der Waals surface area contributed by atoms with Crippen molar-refractivity contribution in [3.05, 3.63) is 85.8 Å². The van der Waals surface area contributed by atoms with E-state index in [4.69, 9.17) is 37.4 Å². The van der Waals surface area contributed by atoms with Crippen molar-refractivity contribution in [2.24, 2.45) is 5.10 Å². The van der Waals surface area contributed by atoms with Crippen molar-refractivity contribution in [1.29, 1.82) is 0 Å². The van der Waals surface area contributed by atoms with E-state index in [0.29, 0.717) is 51.6 Å². The Morgan fingerprint density at radius 3 is 2.36 bits per heavy atom. The fraction of sp³-hybridized carbons (Fsp3) is 0.167. The second-order valence-corrected chi connectivity index (χ2v) is 8.46. The minimum absolute atomic E-state index is 0.321. The van der Waals surface area contributed by atoms with Crippen molar-refractivity contribution in [1.82, 2.24) is 5.43 Å². The van der Waals surface area contributed by atoms with Crippen LogP contribution < -0.4 is 19.6 Å². The molecule has 0 aliphatic carbocycles. The smallest absolute Gasteiger partial charge is 0.271 e. The summed E-state index contributed by atoms with van der Waals surface area (Å²) in [7, 11) is 1.54. The molecule has 0 bridgehead atoms. The van der Waals surface area contributed by atoms with E-state index in [2.05, 4.69) is 26.5 Å². The van der Waals surface area contributed by atoms with Crippen molar-refractivity contribution < 1.29 is 19.0 Å².